The maximum absolute atomic E-state index is 11.1. The van der Waals surface area contributed by atoms with Crippen molar-refractivity contribution < 1.29 is 19.4 Å². The van der Waals surface area contributed by atoms with E-state index in [4.69, 9.17) is 14.6 Å². The molecule has 0 aliphatic heterocycles. The monoisotopic (exact) mass is 267 g/mol. The van der Waals surface area contributed by atoms with Crippen LogP contribution in [0.2, 0.25) is 0 Å². The van der Waals surface area contributed by atoms with Crippen molar-refractivity contribution in [3.05, 3.63) is 23.8 Å². The van der Waals surface area contributed by atoms with Crippen LogP contribution in [0.4, 0.5) is 5.69 Å². The number of rotatable bonds is 8. The number of benzene rings is 1. The summed E-state index contributed by atoms with van der Waals surface area (Å²) in [6.07, 6.45) is 0.501. The summed E-state index contributed by atoms with van der Waals surface area (Å²) in [7, 11) is 1.61. The van der Waals surface area contributed by atoms with Gasteiger partial charge in [0.1, 0.15) is 18.4 Å². The molecule has 0 radical (unpaired) electrons. The molecule has 1 aromatic rings. The Labute approximate surface area is 113 Å². The Kier molecular flexibility index (Phi) is 6.15. The van der Waals surface area contributed by atoms with Gasteiger partial charge in [0.05, 0.1) is 12.3 Å². The molecule has 0 spiro atoms. The highest BCUT2D eigenvalue weighted by Gasteiger charge is 2.16. The fourth-order valence-corrected chi connectivity index (χ4v) is 1.63. The number of methoxy groups -OCH3 is 1. The Morgan fingerprint density at radius 2 is 2.16 bits per heavy atom. The fraction of sp³-hybridized carbons (Fsp3) is 0.500. The van der Waals surface area contributed by atoms with Crippen LogP contribution >= 0.6 is 0 Å². The van der Waals surface area contributed by atoms with Gasteiger partial charge in [-0.25, -0.2) is 4.79 Å². The molecule has 0 heterocycles. The maximum atomic E-state index is 11.1. The first-order valence-electron chi connectivity index (χ1n) is 6.30. The van der Waals surface area contributed by atoms with Gasteiger partial charge in [0.15, 0.2) is 0 Å². The molecular weight excluding hydrogens is 246 g/mol. The Hall–Kier alpha value is -1.75. The highest BCUT2D eigenvalue weighted by atomic mass is 16.5. The molecule has 5 nitrogen and oxygen atoms in total. The zero-order chi connectivity index (χ0) is 14.3. The largest absolute Gasteiger partial charge is 0.489 e. The van der Waals surface area contributed by atoms with Crippen LogP contribution in [0.5, 0.6) is 5.75 Å². The van der Waals surface area contributed by atoms with Gasteiger partial charge in [-0.3, -0.25) is 0 Å². The molecule has 1 atom stereocenters. The number of ether oxygens (including phenoxy) is 2. The van der Waals surface area contributed by atoms with Gasteiger partial charge in [0, 0.05) is 7.11 Å². The van der Waals surface area contributed by atoms with Crippen LogP contribution in [-0.2, 0) is 9.53 Å². The average Bonchev–Trinajstić information content (AvgIpc) is 2.37. The van der Waals surface area contributed by atoms with Crippen LogP contribution in [0, 0.1) is 6.92 Å². The Morgan fingerprint density at radius 3 is 2.74 bits per heavy atom. The molecule has 0 bridgehead atoms. The summed E-state index contributed by atoms with van der Waals surface area (Å²) in [6, 6.07) is 5.02. The van der Waals surface area contributed by atoms with Gasteiger partial charge in [0.2, 0.25) is 0 Å². The Bertz CT molecular complexity index is 420. The van der Waals surface area contributed by atoms with Crippen molar-refractivity contribution in [3.63, 3.8) is 0 Å². The van der Waals surface area contributed by atoms with Crippen molar-refractivity contribution >= 4 is 11.7 Å². The number of anilines is 1. The van der Waals surface area contributed by atoms with Crippen molar-refractivity contribution in [2.45, 2.75) is 26.3 Å². The highest BCUT2D eigenvalue weighted by Crippen LogP contribution is 2.26. The summed E-state index contributed by atoms with van der Waals surface area (Å²) in [5.41, 5.74) is 1.75. The van der Waals surface area contributed by atoms with Crippen molar-refractivity contribution in [1.29, 1.82) is 0 Å². The molecule has 1 unspecified atom stereocenters. The quantitative estimate of drug-likeness (QED) is 0.707. The topological polar surface area (TPSA) is 67.8 Å². The van der Waals surface area contributed by atoms with Crippen molar-refractivity contribution in [2.24, 2.45) is 0 Å². The van der Waals surface area contributed by atoms with Crippen LogP contribution < -0.4 is 10.1 Å². The molecule has 106 valence electrons. The molecule has 0 aliphatic carbocycles. The predicted octanol–water partition coefficient (Wildman–Crippen LogP) is 2.30. The van der Waals surface area contributed by atoms with E-state index >= 15 is 0 Å². The maximum Gasteiger partial charge on any atom is 0.326 e. The van der Waals surface area contributed by atoms with Crippen LogP contribution in [-0.4, -0.2) is 37.4 Å². The minimum atomic E-state index is -0.870. The van der Waals surface area contributed by atoms with E-state index < -0.39 is 12.0 Å². The number of aryl methyl sites for hydroxylation is 1. The van der Waals surface area contributed by atoms with Crippen LogP contribution in [0.3, 0.4) is 0 Å². The lowest BCUT2D eigenvalue weighted by atomic mass is 10.1. The van der Waals surface area contributed by atoms with Gasteiger partial charge in [-0.1, -0.05) is 13.0 Å². The van der Waals surface area contributed by atoms with Crippen LogP contribution in [0.1, 0.15) is 18.9 Å². The molecule has 19 heavy (non-hydrogen) atoms. The third-order valence-electron chi connectivity index (χ3n) is 2.72. The zero-order valence-electron chi connectivity index (χ0n) is 11.6. The summed E-state index contributed by atoms with van der Waals surface area (Å²) in [5, 5.41) is 12.1. The summed E-state index contributed by atoms with van der Waals surface area (Å²) in [5.74, 6) is -0.220. The molecule has 0 aromatic heterocycles. The lowest BCUT2D eigenvalue weighted by Crippen LogP contribution is -2.28. The second kappa shape index (κ2) is 7.63. The molecular formula is C14H21NO4. The molecule has 0 fully saturated rings. The van der Waals surface area contributed by atoms with Gasteiger partial charge in [-0.15, -0.1) is 0 Å². The average molecular weight is 267 g/mol. The molecule has 0 saturated carbocycles. The first-order chi connectivity index (χ1) is 9.08. The van der Waals surface area contributed by atoms with Gasteiger partial charge in [-0.2, -0.15) is 0 Å². The second-order valence-corrected chi connectivity index (χ2v) is 4.28. The molecule has 1 aromatic carbocycles. The SMILES string of the molecule is CCC(Nc1ccc(C)cc1OCCOC)C(=O)O. The van der Waals surface area contributed by atoms with Gasteiger partial charge in [0.25, 0.3) is 0 Å². The Morgan fingerprint density at radius 1 is 1.42 bits per heavy atom. The highest BCUT2D eigenvalue weighted by molar-refractivity contribution is 5.78. The Balaban J connectivity index is 2.83. The van der Waals surface area contributed by atoms with Gasteiger partial charge >= 0.3 is 5.97 Å². The minimum Gasteiger partial charge on any atom is -0.489 e. The fourth-order valence-electron chi connectivity index (χ4n) is 1.63. The molecule has 0 aliphatic rings. The van der Waals surface area contributed by atoms with E-state index in [2.05, 4.69) is 5.32 Å². The van der Waals surface area contributed by atoms with Crippen LogP contribution in [0.25, 0.3) is 0 Å². The first kappa shape index (κ1) is 15.3. The van der Waals surface area contributed by atoms with Crippen molar-refractivity contribution in [3.8, 4) is 5.75 Å². The summed E-state index contributed by atoms with van der Waals surface area (Å²) >= 11 is 0. The number of aliphatic carboxylic acids is 1. The lowest BCUT2D eigenvalue weighted by molar-refractivity contribution is -0.137. The third-order valence-corrected chi connectivity index (χ3v) is 2.72. The molecule has 2 N–H and O–H groups in total. The standard InChI is InChI=1S/C14H21NO4/c1-4-11(14(16)17)15-12-6-5-10(2)9-13(12)19-8-7-18-3/h5-6,9,11,15H,4,7-8H2,1-3H3,(H,16,17). The molecule has 5 heteroatoms. The first-order valence-corrected chi connectivity index (χ1v) is 6.30. The van der Waals surface area contributed by atoms with Crippen molar-refractivity contribution in [1.82, 2.24) is 0 Å². The minimum absolute atomic E-state index is 0.429. The number of carboxylic acids is 1. The van der Waals surface area contributed by atoms with E-state index in [1.807, 2.05) is 32.0 Å². The summed E-state index contributed by atoms with van der Waals surface area (Å²) in [6.45, 7) is 4.70. The zero-order valence-corrected chi connectivity index (χ0v) is 11.6. The predicted molar refractivity (Wildman–Crippen MR) is 73.9 cm³/mol. The van der Waals surface area contributed by atoms with E-state index in [9.17, 15) is 4.79 Å². The normalized spacial score (nSPS) is 11.9. The summed E-state index contributed by atoms with van der Waals surface area (Å²) in [4.78, 5) is 11.1. The number of hydrogen-bond acceptors (Lipinski definition) is 4. The van der Waals surface area contributed by atoms with E-state index in [-0.39, 0.29) is 0 Å². The summed E-state index contributed by atoms with van der Waals surface area (Å²) < 4.78 is 10.5. The van der Waals surface area contributed by atoms with Crippen molar-refractivity contribution in [2.75, 3.05) is 25.6 Å². The second-order valence-electron chi connectivity index (χ2n) is 4.28. The number of nitrogens with one attached hydrogen (secondary N) is 1. The smallest absolute Gasteiger partial charge is 0.326 e. The molecule has 0 amide bonds. The van der Waals surface area contributed by atoms with Gasteiger partial charge in [-0.05, 0) is 31.0 Å². The van der Waals surface area contributed by atoms with Crippen LogP contribution in [0.15, 0.2) is 18.2 Å². The van der Waals surface area contributed by atoms with Gasteiger partial charge < -0.3 is 19.9 Å². The lowest BCUT2D eigenvalue weighted by Gasteiger charge is -2.18. The van der Waals surface area contributed by atoms with E-state index in [0.29, 0.717) is 31.1 Å². The van der Waals surface area contributed by atoms with E-state index in [1.54, 1.807) is 7.11 Å². The number of carbonyl (C=O) groups is 1. The molecule has 0 saturated heterocycles. The number of carboxylic acid groups (broad SMARTS) is 1. The third kappa shape index (κ3) is 4.79. The number of hydrogen-bond donors (Lipinski definition) is 2. The van der Waals surface area contributed by atoms with E-state index in [0.717, 1.165) is 5.56 Å². The van der Waals surface area contributed by atoms with E-state index in [1.165, 1.54) is 0 Å². The molecule has 1 rings (SSSR count).